The minimum absolute atomic E-state index is 0.280. The fourth-order valence-electron chi connectivity index (χ4n) is 2.37. The fraction of sp³-hybridized carbons (Fsp3) is 0.533. The van der Waals surface area contributed by atoms with Gasteiger partial charge in [0, 0.05) is 19.1 Å². The molecular formula is C15H21BO4. The summed E-state index contributed by atoms with van der Waals surface area (Å²) in [5, 5.41) is 8.86. The van der Waals surface area contributed by atoms with Gasteiger partial charge in [-0.3, -0.25) is 0 Å². The summed E-state index contributed by atoms with van der Waals surface area (Å²) >= 11 is 0. The summed E-state index contributed by atoms with van der Waals surface area (Å²) in [4.78, 5) is 10.8. The molecule has 0 atom stereocenters. The van der Waals surface area contributed by atoms with Crippen LogP contribution in [0, 0.1) is 5.92 Å². The Morgan fingerprint density at radius 2 is 1.90 bits per heavy atom. The second-order valence-corrected chi connectivity index (χ2v) is 5.29. The molecule has 1 aliphatic rings. The molecule has 0 radical (unpaired) electrons. The number of unbranched alkanes of at least 4 members (excludes halogenated alkanes) is 2. The molecule has 0 aromatic heterocycles. The monoisotopic (exact) mass is 276 g/mol. The molecule has 0 saturated carbocycles. The molecule has 0 aliphatic carbocycles. The molecule has 1 fully saturated rings. The molecule has 0 amide bonds. The molecule has 4 nitrogen and oxygen atoms in total. The summed E-state index contributed by atoms with van der Waals surface area (Å²) in [6.07, 6.45) is 4.87. The van der Waals surface area contributed by atoms with Crippen molar-refractivity contribution in [2.24, 2.45) is 5.92 Å². The normalized spacial score (nSPS) is 16.4. The van der Waals surface area contributed by atoms with Crippen LogP contribution in [0.1, 0.15) is 43.0 Å². The van der Waals surface area contributed by atoms with Crippen LogP contribution >= 0.6 is 0 Å². The lowest BCUT2D eigenvalue weighted by atomic mass is 9.77. The van der Waals surface area contributed by atoms with Crippen LogP contribution in [0.3, 0.4) is 0 Å². The Bertz CT molecular complexity index is 424. The van der Waals surface area contributed by atoms with Crippen LogP contribution in [0.5, 0.6) is 0 Å². The molecule has 1 saturated heterocycles. The molecule has 1 aliphatic heterocycles. The molecule has 108 valence electrons. The van der Waals surface area contributed by atoms with Crippen LogP contribution < -0.4 is 5.46 Å². The number of carboxylic acids is 1. The van der Waals surface area contributed by atoms with Gasteiger partial charge >= 0.3 is 13.1 Å². The van der Waals surface area contributed by atoms with Crippen LogP contribution in [0.15, 0.2) is 24.3 Å². The lowest BCUT2D eigenvalue weighted by molar-refractivity contribution is 0.0696. The summed E-state index contributed by atoms with van der Waals surface area (Å²) in [6.45, 7) is 3.63. The van der Waals surface area contributed by atoms with Gasteiger partial charge in [0.25, 0.3) is 0 Å². The zero-order valence-electron chi connectivity index (χ0n) is 11.9. The molecule has 1 aromatic carbocycles. The van der Waals surface area contributed by atoms with Crippen LogP contribution in [0.2, 0.25) is 0 Å². The highest BCUT2D eigenvalue weighted by molar-refractivity contribution is 6.61. The van der Waals surface area contributed by atoms with Crippen LogP contribution in [0.25, 0.3) is 0 Å². The van der Waals surface area contributed by atoms with Crippen molar-refractivity contribution in [3.05, 3.63) is 29.8 Å². The topological polar surface area (TPSA) is 55.8 Å². The predicted molar refractivity (Wildman–Crippen MR) is 78.3 cm³/mol. The van der Waals surface area contributed by atoms with Crippen molar-refractivity contribution in [3.8, 4) is 0 Å². The number of carbonyl (C=O) groups is 1. The van der Waals surface area contributed by atoms with Crippen molar-refractivity contribution in [1.82, 2.24) is 0 Å². The Balaban J connectivity index is 1.82. The molecule has 2 rings (SSSR count). The van der Waals surface area contributed by atoms with Gasteiger partial charge in [-0.05, 0) is 24.0 Å². The summed E-state index contributed by atoms with van der Waals surface area (Å²) in [7, 11) is -0.361. The Morgan fingerprint density at radius 1 is 1.25 bits per heavy atom. The number of hydrogen-bond acceptors (Lipinski definition) is 3. The first-order chi connectivity index (χ1) is 9.70. The third-order valence-corrected chi connectivity index (χ3v) is 3.61. The highest BCUT2D eigenvalue weighted by Gasteiger charge is 2.28. The van der Waals surface area contributed by atoms with Crippen LogP contribution in [-0.4, -0.2) is 31.4 Å². The van der Waals surface area contributed by atoms with E-state index in [2.05, 4.69) is 6.92 Å². The van der Waals surface area contributed by atoms with E-state index < -0.39 is 5.97 Å². The zero-order chi connectivity index (χ0) is 14.4. The summed E-state index contributed by atoms with van der Waals surface area (Å²) in [5.41, 5.74) is 1.16. The number of aromatic carboxylic acids is 1. The van der Waals surface area contributed by atoms with Gasteiger partial charge < -0.3 is 14.4 Å². The van der Waals surface area contributed by atoms with E-state index in [1.165, 1.54) is 19.3 Å². The minimum atomic E-state index is -0.919. The predicted octanol–water partition coefficient (Wildman–Crippen LogP) is 2.32. The van der Waals surface area contributed by atoms with Crippen molar-refractivity contribution < 1.29 is 19.2 Å². The Labute approximate surface area is 120 Å². The second-order valence-electron chi connectivity index (χ2n) is 5.29. The van der Waals surface area contributed by atoms with E-state index in [9.17, 15) is 4.79 Å². The van der Waals surface area contributed by atoms with Gasteiger partial charge in [-0.1, -0.05) is 38.3 Å². The van der Waals surface area contributed by atoms with Gasteiger partial charge in [0.1, 0.15) is 0 Å². The highest BCUT2D eigenvalue weighted by Crippen LogP contribution is 2.16. The third kappa shape index (κ3) is 4.08. The molecule has 1 aromatic rings. The van der Waals surface area contributed by atoms with E-state index in [0.29, 0.717) is 5.92 Å². The number of carboxylic acid groups (broad SMARTS) is 1. The standard InChI is InChI=1S/C15H21BO4/c1-2-3-4-5-12-10-19-16(20-11-12)14-8-6-13(7-9-14)15(17)18/h6-9,12H,2-5,10-11H2,1H3,(H,17,18). The van der Waals surface area contributed by atoms with Gasteiger partial charge in [0.05, 0.1) is 5.56 Å². The first kappa shape index (κ1) is 15.1. The first-order valence-corrected chi connectivity index (χ1v) is 7.27. The molecule has 1 N–H and O–H groups in total. The lowest BCUT2D eigenvalue weighted by Crippen LogP contribution is -2.44. The highest BCUT2D eigenvalue weighted by atomic mass is 16.6. The average molecular weight is 276 g/mol. The van der Waals surface area contributed by atoms with E-state index in [-0.39, 0.29) is 12.7 Å². The Hall–Kier alpha value is -1.33. The quantitative estimate of drug-likeness (QED) is 0.640. The van der Waals surface area contributed by atoms with Gasteiger partial charge in [0.2, 0.25) is 0 Å². The summed E-state index contributed by atoms with van der Waals surface area (Å²) in [6, 6.07) is 6.67. The van der Waals surface area contributed by atoms with Gasteiger partial charge in [0.15, 0.2) is 0 Å². The van der Waals surface area contributed by atoms with Gasteiger partial charge in [-0.25, -0.2) is 4.79 Å². The summed E-state index contributed by atoms with van der Waals surface area (Å²) in [5.74, 6) is -0.436. The van der Waals surface area contributed by atoms with E-state index in [1.807, 2.05) is 0 Å². The van der Waals surface area contributed by atoms with E-state index in [4.69, 9.17) is 14.4 Å². The minimum Gasteiger partial charge on any atom is -0.478 e. The molecule has 0 bridgehead atoms. The van der Waals surface area contributed by atoms with Crippen molar-refractivity contribution in [2.45, 2.75) is 32.6 Å². The van der Waals surface area contributed by atoms with Crippen molar-refractivity contribution in [1.29, 1.82) is 0 Å². The number of hydrogen-bond donors (Lipinski definition) is 1. The van der Waals surface area contributed by atoms with Gasteiger partial charge in [-0.2, -0.15) is 0 Å². The number of benzene rings is 1. The zero-order valence-corrected chi connectivity index (χ0v) is 11.9. The van der Waals surface area contributed by atoms with Crippen LogP contribution in [-0.2, 0) is 9.31 Å². The van der Waals surface area contributed by atoms with Gasteiger partial charge in [-0.15, -0.1) is 0 Å². The molecular weight excluding hydrogens is 255 g/mol. The van der Waals surface area contributed by atoms with E-state index in [1.54, 1.807) is 24.3 Å². The Morgan fingerprint density at radius 3 is 2.45 bits per heavy atom. The molecule has 0 unspecified atom stereocenters. The SMILES string of the molecule is CCCCCC1COB(c2ccc(C(=O)O)cc2)OC1. The first-order valence-electron chi connectivity index (χ1n) is 7.27. The summed E-state index contributed by atoms with van der Waals surface area (Å²) < 4.78 is 11.5. The van der Waals surface area contributed by atoms with Crippen molar-refractivity contribution >= 4 is 18.6 Å². The maximum Gasteiger partial charge on any atom is 0.493 e. The lowest BCUT2D eigenvalue weighted by Gasteiger charge is -2.27. The fourth-order valence-corrected chi connectivity index (χ4v) is 2.37. The van der Waals surface area contributed by atoms with Crippen LogP contribution in [0.4, 0.5) is 0 Å². The largest absolute Gasteiger partial charge is 0.493 e. The maximum absolute atomic E-state index is 10.8. The third-order valence-electron chi connectivity index (χ3n) is 3.61. The molecule has 20 heavy (non-hydrogen) atoms. The van der Waals surface area contributed by atoms with Crippen molar-refractivity contribution in [3.63, 3.8) is 0 Å². The maximum atomic E-state index is 10.8. The average Bonchev–Trinajstić information content (AvgIpc) is 2.48. The molecule has 0 spiro atoms. The molecule has 1 heterocycles. The van der Waals surface area contributed by atoms with Crippen molar-refractivity contribution in [2.75, 3.05) is 13.2 Å². The Kier molecular flexibility index (Phi) is 5.62. The number of rotatable bonds is 6. The van der Waals surface area contributed by atoms with E-state index in [0.717, 1.165) is 25.1 Å². The second kappa shape index (κ2) is 7.46. The van der Waals surface area contributed by atoms with E-state index >= 15 is 0 Å². The molecule has 5 heteroatoms. The smallest absolute Gasteiger partial charge is 0.478 e.